The maximum Gasteiger partial charge on any atom is 0.191 e. The fraction of sp³-hybridized carbons (Fsp3) is 0.562. The van der Waals surface area contributed by atoms with Gasteiger partial charge < -0.3 is 15.4 Å². The second kappa shape index (κ2) is 8.49. The van der Waals surface area contributed by atoms with Crippen LogP contribution in [0.15, 0.2) is 29.3 Å². The fourth-order valence-corrected chi connectivity index (χ4v) is 2.53. The highest BCUT2D eigenvalue weighted by molar-refractivity contribution is 5.79. The summed E-state index contributed by atoms with van der Waals surface area (Å²) in [6.07, 6.45) is 6.33. The molecule has 4 nitrogen and oxygen atoms in total. The molecule has 0 spiro atoms. The molecular weight excluding hydrogens is 269 g/mol. The Kier molecular flexibility index (Phi) is 6.31. The first kappa shape index (κ1) is 15.6. The van der Waals surface area contributed by atoms with Crippen molar-refractivity contribution in [2.75, 3.05) is 20.2 Å². The van der Waals surface area contributed by atoms with E-state index >= 15 is 0 Å². The average molecular weight is 293 g/mol. The Morgan fingerprint density at radius 3 is 2.86 bits per heavy atom. The standard InChI is InChI=1S/C16H24FN3O/c1-18-16(20-14-7-3-2-4-8-14)19-10-11-21-15-9-5-6-13(17)12-15/h5-6,9,12,14H,2-4,7-8,10-11H2,1H3,(H2,18,19,20). The largest absolute Gasteiger partial charge is 0.492 e. The molecule has 0 atom stereocenters. The zero-order valence-electron chi connectivity index (χ0n) is 12.6. The van der Waals surface area contributed by atoms with Crippen molar-refractivity contribution in [1.82, 2.24) is 10.6 Å². The van der Waals surface area contributed by atoms with Crippen molar-refractivity contribution in [2.24, 2.45) is 4.99 Å². The molecule has 0 radical (unpaired) electrons. The second-order valence-corrected chi connectivity index (χ2v) is 5.28. The van der Waals surface area contributed by atoms with Crippen molar-refractivity contribution >= 4 is 5.96 Å². The molecule has 1 aliphatic carbocycles. The number of nitrogens with one attached hydrogen (secondary N) is 2. The summed E-state index contributed by atoms with van der Waals surface area (Å²) in [5, 5.41) is 6.66. The predicted molar refractivity (Wildman–Crippen MR) is 83.3 cm³/mol. The van der Waals surface area contributed by atoms with Crippen LogP contribution in [0, 0.1) is 5.82 Å². The van der Waals surface area contributed by atoms with Crippen LogP contribution in [0.25, 0.3) is 0 Å². The maximum absolute atomic E-state index is 13.0. The van der Waals surface area contributed by atoms with Crippen molar-refractivity contribution in [1.29, 1.82) is 0 Å². The van der Waals surface area contributed by atoms with Gasteiger partial charge in [-0.3, -0.25) is 4.99 Å². The van der Waals surface area contributed by atoms with Crippen molar-refractivity contribution < 1.29 is 9.13 Å². The van der Waals surface area contributed by atoms with Crippen LogP contribution in [0.4, 0.5) is 4.39 Å². The number of benzene rings is 1. The van der Waals surface area contributed by atoms with E-state index in [2.05, 4.69) is 15.6 Å². The highest BCUT2D eigenvalue weighted by atomic mass is 19.1. The van der Waals surface area contributed by atoms with Gasteiger partial charge in [-0.15, -0.1) is 0 Å². The van der Waals surface area contributed by atoms with Gasteiger partial charge in [0.2, 0.25) is 0 Å². The second-order valence-electron chi connectivity index (χ2n) is 5.28. The van der Waals surface area contributed by atoms with E-state index in [4.69, 9.17) is 4.74 Å². The zero-order valence-corrected chi connectivity index (χ0v) is 12.6. The van der Waals surface area contributed by atoms with Crippen LogP contribution in [0.3, 0.4) is 0 Å². The molecule has 2 rings (SSSR count). The van der Waals surface area contributed by atoms with Crippen LogP contribution in [0.1, 0.15) is 32.1 Å². The Bertz CT molecular complexity index is 459. The Labute approximate surface area is 125 Å². The van der Waals surface area contributed by atoms with Crippen molar-refractivity contribution in [3.05, 3.63) is 30.1 Å². The van der Waals surface area contributed by atoms with Crippen molar-refractivity contribution in [3.63, 3.8) is 0 Å². The van der Waals surface area contributed by atoms with Crippen molar-refractivity contribution in [2.45, 2.75) is 38.1 Å². The minimum absolute atomic E-state index is 0.282. The molecule has 1 aliphatic rings. The minimum Gasteiger partial charge on any atom is -0.492 e. The number of halogens is 1. The topological polar surface area (TPSA) is 45.7 Å². The first-order valence-corrected chi connectivity index (χ1v) is 7.63. The molecule has 21 heavy (non-hydrogen) atoms. The number of ether oxygens (including phenoxy) is 1. The van der Waals surface area contributed by atoms with Gasteiger partial charge in [0.05, 0.1) is 6.54 Å². The van der Waals surface area contributed by atoms with E-state index < -0.39 is 0 Å². The highest BCUT2D eigenvalue weighted by Gasteiger charge is 2.14. The number of guanidine groups is 1. The summed E-state index contributed by atoms with van der Waals surface area (Å²) in [5.74, 6) is 1.08. The van der Waals surface area contributed by atoms with E-state index in [9.17, 15) is 4.39 Å². The number of nitrogens with zero attached hydrogens (tertiary/aromatic N) is 1. The molecule has 2 N–H and O–H groups in total. The van der Waals surface area contributed by atoms with Gasteiger partial charge in [0.15, 0.2) is 5.96 Å². The lowest BCUT2D eigenvalue weighted by atomic mass is 9.96. The van der Waals surface area contributed by atoms with Gasteiger partial charge in [0, 0.05) is 19.2 Å². The number of rotatable bonds is 5. The molecule has 1 aromatic rings. The summed E-state index contributed by atoms with van der Waals surface area (Å²) >= 11 is 0. The van der Waals surface area contributed by atoms with Gasteiger partial charge in [-0.25, -0.2) is 4.39 Å². The number of hydrogen-bond acceptors (Lipinski definition) is 2. The fourth-order valence-electron chi connectivity index (χ4n) is 2.53. The zero-order chi connectivity index (χ0) is 14.9. The van der Waals surface area contributed by atoms with Crippen LogP contribution in [0.2, 0.25) is 0 Å². The van der Waals surface area contributed by atoms with Gasteiger partial charge in [0.1, 0.15) is 18.2 Å². The first-order valence-electron chi connectivity index (χ1n) is 7.63. The minimum atomic E-state index is -0.282. The predicted octanol–water partition coefficient (Wildman–Crippen LogP) is 2.70. The number of hydrogen-bond donors (Lipinski definition) is 2. The lowest BCUT2D eigenvalue weighted by Crippen LogP contribution is -2.45. The molecule has 1 fully saturated rings. The molecule has 0 amide bonds. The molecule has 0 heterocycles. The van der Waals surface area contributed by atoms with E-state index in [-0.39, 0.29) is 5.82 Å². The highest BCUT2D eigenvalue weighted by Crippen LogP contribution is 2.17. The van der Waals surface area contributed by atoms with Crippen LogP contribution >= 0.6 is 0 Å². The molecule has 116 valence electrons. The quantitative estimate of drug-likeness (QED) is 0.498. The summed E-state index contributed by atoms with van der Waals surface area (Å²) in [5.41, 5.74) is 0. The molecule has 1 aromatic carbocycles. The van der Waals surface area contributed by atoms with E-state index in [0.717, 1.165) is 5.96 Å². The SMILES string of the molecule is CN=C(NCCOc1cccc(F)c1)NC1CCCCC1. The molecular formula is C16H24FN3O. The van der Waals surface area contributed by atoms with E-state index in [1.54, 1.807) is 19.2 Å². The van der Waals surface area contributed by atoms with Gasteiger partial charge in [-0.2, -0.15) is 0 Å². The monoisotopic (exact) mass is 293 g/mol. The maximum atomic E-state index is 13.0. The third-order valence-electron chi connectivity index (χ3n) is 3.63. The Hall–Kier alpha value is -1.78. The third-order valence-corrected chi connectivity index (χ3v) is 3.63. The van der Waals surface area contributed by atoms with Crippen LogP contribution in [0.5, 0.6) is 5.75 Å². The summed E-state index contributed by atoms with van der Waals surface area (Å²) in [7, 11) is 1.77. The van der Waals surface area contributed by atoms with Crippen LogP contribution < -0.4 is 15.4 Å². The third kappa shape index (κ3) is 5.61. The van der Waals surface area contributed by atoms with Gasteiger partial charge in [-0.1, -0.05) is 25.3 Å². The molecule has 1 saturated carbocycles. The average Bonchev–Trinajstić information content (AvgIpc) is 2.51. The molecule has 0 saturated heterocycles. The Morgan fingerprint density at radius 1 is 1.33 bits per heavy atom. The first-order chi connectivity index (χ1) is 10.3. The molecule has 0 bridgehead atoms. The van der Waals surface area contributed by atoms with E-state index in [1.807, 2.05) is 0 Å². The summed E-state index contributed by atoms with van der Waals surface area (Å²) < 4.78 is 18.5. The molecule has 0 aliphatic heterocycles. The summed E-state index contributed by atoms with van der Waals surface area (Å²) in [4.78, 5) is 4.22. The van der Waals surface area contributed by atoms with E-state index in [0.29, 0.717) is 24.9 Å². The van der Waals surface area contributed by atoms with Crippen LogP contribution in [-0.4, -0.2) is 32.2 Å². The number of aliphatic imine (C=N–C) groups is 1. The lowest BCUT2D eigenvalue weighted by Gasteiger charge is -2.24. The van der Waals surface area contributed by atoms with Crippen LogP contribution in [-0.2, 0) is 0 Å². The smallest absolute Gasteiger partial charge is 0.191 e. The Balaban J connectivity index is 1.66. The van der Waals surface area contributed by atoms with E-state index in [1.165, 1.54) is 44.2 Å². The molecule has 0 unspecified atom stereocenters. The van der Waals surface area contributed by atoms with Gasteiger partial charge >= 0.3 is 0 Å². The lowest BCUT2D eigenvalue weighted by molar-refractivity contribution is 0.319. The summed E-state index contributed by atoms with van der Waals surface area (Å²) in [6.45, 7) is 1.09. The molecule has 5 heteroatoms. The normalized spacial score (nSPS) is 16.6. The molecule has 0 aromatic heterocycles. The summed E-state index contributed by atoms with van der Waals surface area (Å²) in [6, 6.07) is 6.70. The van der Waals surface area contributed by atoms with Crippen molar-refractivity contribution in [3.8, 4) is 5.75 Å². The van der Waals surface area contributed by atoms with Gasteiger partial charge in [-0.05, 0) is 25.0 Å². The Morgan fingerprint density at radius 2 is 2.14 bits per heavy atom. The van der Waals surface area contributed by atoms with Gasteiger partial charge in [0.25, 0.3) is 0 Å².